The van der Waals surface area contributed by atoms with E-state index >= 15 is 0 Å². The second-order valence-electron chi connectivity index (χ2n) is 7.49. The molecule has 0 fully saturated rings. The van der Waals surface area contributed by atoms with Crippen LogP contribution in [0.2, 0.25) is 0 Å². The van der Waals surface area contributed by atoms with Crippen molar-refractivity contribution in [3.8, 4) is 23.3 Å². The molecule has 0 spiro atoms. The minimum absolute atomic E-state index is 0.160. The first-order chi connectivity index (χ1) is 14.8. The summed E-state index contributed by atoms with van der Waals surface area (Å²) in [6.07, 6.45) is 7.16. The molecule has 0 saturated heterocycles. The van der Waals surface area contributed by atoms with Gasteiger partial charge >= 0.3 is 5.69 Å². The quantitative estimate of drug-likeness (QED) is 0.478. The van der Waals surface area contributed by atoms with Crippen molar-refractivity contribution in [1.29, 1.82) is 0 Å². The van der Waals surface area contributed by atoms with Crippen molar-refractivity contribution < 1.29 is 4.74 Å². The molecule has 4 rings (SSSR count). The molecule has 0 unspecified atom stereocenters. The lowest BCUT2D eigenvalue weighted by molar-refractivity contribution is 0.414. The molecule has 0 N–H and O–H groups in total. The third-order valence-corrected chi connectivity index (χ3v) is 5.09. The lowest BCUT2D eigenvalue weighted by atomic mass is 10.0. The molecule has 158 valence electrons. The lowest BCUT2D eigenvalue weighted by Crippen LogP contribution is -2.20. The fourth-order valence-electron chi connectivity index (χ4n) is 3.73. The van der Waals surface area contributed by atoms with Gasteiger partial charge in [0.1, 0.15) is 5.75 Å². The summed E-state index contributed by atoms with van der Waals surface area (Å²) in [5.41, 5.74) is 4.41. The molecule has 0 atom stereocenters. The Morgan fingerprint density at radius 2 is 2.00 bits per heavy atom. The zero-order valence-electron chi connectivity index (χ0n) is 18.5. The highest BCUT2D eigenvalue weighted by Crippen LogP contribution is 2.34. The second-order valence-corrected chi connectivity index (χ2v) is 7.49. The maximum absolute atomic E-state index is 13.1. The SMILES string of the molecule is CC#C/C(=C\N(C)C)c1cc2c(cc1OC)ncc1c2n(-c2cnn(C)c2)c(=O)n1C. The van der Waals surface area contributed by atoms with E-state index < -0.39 is 0 Å². The van der Waals surface area contributed by atoms with Crippen LogP contribution >= 0.6 is 0 Å². The lowest BCUT2D eigenvalue weighted by Gasteiger charge is -2.13. The van der Waals surface area contributed by atoms with Gasteiger partial charge in [0.2, 0.25) is 0 Å². The maximum Gasteiger partial charge on any atom is 0.333 e. The van der Waals surface area contributed by atoms with E-state index in [4.69, 9.17) is 4.74 Å². The highest BCUT2D eigenvalue weighted by molar-refractivity contribution is 6.05. The van der Waals surface area contributed by atoms with E-state index in [0.717, 1.165) is 33.1 Å². The Labute approximate surface area is 180 Å². The fourth-order valence-corrected chi connectivity index (χ4v) is 3.73. The van der Waals surface area contributed by atoms with Crippen molar-refractivity contribution in [3.63, 3.8) is 0 Å². The van der Waals surface area contributed by atoms with Crippen LogP contribution in [-0.4, -0.2) is 50.0 Å². The van der Waals surface area contributed by atoms with Gasteiger partial charge in [0.25, 0.3) is 0 Å². The van der Waals surface area contributed by atoms with Crippen LogP contribution in [0.3, 0.4) is 0 Å². The molecule has 31 heavy (non-hydrogen) atoms. The molecule has 4 aromatic rings. The number of hydrogen-bond donors (Lipinski definition) is 0. The van der Waals surface area contributed by atoms with Gasteiger partial charge in [-0.05, 0) is 13.0 Å². The molecule has 8 heteroatoms. The van der Waals surface area contributed by atoms with Crippen LogP contribution in [0.25, 0.3) is 33.2 Å². The monoisotopic (exact) mass is 416 g/mol. The van der Waals surface area contributed by atoms with Crippen LogP contribution in [0.1, 0.15) is 12.5 Å². The standard InChI is InChI=1S/C23H24N6O2/c1-7-8-15(13-26(2)3)17-9-18-19(10-21(17)31-6)24-12-20-22(18)29(23(30)28(20)5)16-11-25-27(4)14-16/h9-14H,1-6H3/b15-13+. The summed E-state index contributed by atoms with van der Waals surface area (Å²) in [4.78, 5) is 19.7. The number of nitrogens with zero attached hydrogens (tertiary/aromatic N) is 6. The number of hydrogen-bond acceptors (Lipinski definition) is 5. The van der Waals surface area contributed by atoms with Gasteiger partial charge in [-0.1, -0.05) is 5.92 Å². The van der Waals surface area contributed by atoms with E-state index in [9.17, 15) is 4.79 Å². The van der Waals surface area contributed by atoms with Crippen LogP contribution in [0.4, 0.5) is 0 Å². The number of fused-ring (bicyclic) bond motifs is 3. The first kappa shape index (κ1) is 20.3. The Balaban J connectivity index is 2.16. The summed E-state index contributed by atoms with van der Waals surface area (Å²) < 4.78 is 10.6. The molecular formula is C23H24N6O2. The van der Waals surface area contributed by atoms with Crippen LogP contribution in [-0.2, 0) is 14.1 Å². The van der Waals surface area contributed by atoms with Gasteiger partial charge in [0.15, 0.2) is 0 Å². The van der Waals surface area contributed by atoms with Gasteiger partial charge in [-0.25, -0.2) is 4.79 Å². The van der Waals surface area contributed by atoms with Crippen molar-refractivity contribution in [2.75, 3.05) is 21.2 Å². The van der Waals surface area contributed by atoms with Crippen LogP contribution in [0.15, 0.2) is 41.7 Å². The first-order valence-electron chi connectivity index (χ1n) is 9.74. The van der Waals surface area contributed by atoms with Crippen molar-refractivity contribution in [2.45, 2.75) is 6.92 Å². The number of benzene rings is 1. The Morgan fingerprint density at radius 1 is 1.23 bits per heavy atom. The topological polar surface area (TPSA) is 70.1 Å². The fraction of sp³-hybridized carbons (Fsp3) is 0.261. The van der Waals surface area contributed by atoms with Gasteiger partial charge < -0.3 is 9.64 Å². The summed E-state index contributed by atoms with van der Waals surface area (Å²) in [6, 6.07) is 3.88. The van der Waals surface area contributed by atoms with E-state index in [1.807, 2.05) is 50.6 Å². The molecule has 3 aromatic heterocycles. The van der Waals surface area contributed by atoms with E-state index in [-0.39, 0.29) is 5.69 Å². The molecule has 1 aromatic carbocycles. The Hall–Kier alpha value is -3.99. The smallest absolute Gasteiger partial charge is 0.333 e. The predicted molar refractivity (Wildman–Crippen MR) is 122 cm³/mol. The Kier molecular flexibility index (Phi) is 5.03. The van der Waals surface area contributed by atoms with Crippen molar-refractivity contribution in [2.24, 2.45) is 14.1 Å². The van der Waals surface area contributed by atoms with E-state index in [1.54, 1.807) is 47.3 Å². The highest BCUT2D eigenvalue weighted by atomic mass is 16.5. The molecule has 0 aliphatic carbocycles. The van der Waals surface area contributed by atoms with E-state index in [1.165, 1.54) is 0 Å². The third kappa shape index (κ3) is 3.34. The molecule has 0 bridgehead atoms. The molecular weight excluding hydrogens is 392 g/mol. The summed E-state index contributed by atoms with van der Waals surface area (Å²) in [5, 5.41) is 5.07. The molecule has 0 saturated carbocycles. The normalized spacial score (nSPS) is 11.6. The number of pyridine rings is 1. The summed E-state index contributed by atoms with van der Waals surface area (Å²) in [7, 11) is 9.09. The van der Waals surface area contributed by atoms with Crippen LogP contribution < -0.4 is 10.4 Å². The summed E-state index contributed by atoms with van der Waals surface area (Å²) in [6.45, 7) is 1.80. The number of imidazole rings is 1. The summed E-state index contributed by atoms with van der Waals surface area (Å²) >= 11 is 0. The van der Waals surface area contributed by atoms with E-state index in [2.05, 4.69) is 21.9 Å². The van der Waals surface area contributed by atoms with Gasteiger partial charge in [-0.3, -0.25) is 18.8 Å². The van der Waals surface area contributed by atoms with E-state index in [0.29, 0.717) is 11.4 Å². The van der Waals surface area contributed by atoms with Crippen molar-refractivity contribution in [1.82, 2.24) is 28.8 Å². The van der Waals surface area contributed by atoms with Gasteiger partial charge in [-0.2, -0.15) is 5.10 Å². The first-order valence-corrected chi connectivity index (χ1v) is 9.74. The Morgan fingerprint density at radius 3 is 2.61 bits per heavy atom. The molecule has 0 radical (unpaired) electrons. The largest absolute Gasteiger partial charge is 0.496 e. The molecule has 8 nitrogen and oxygen atoms in total. The third-order valence-electron chi connectivity index (χ3n) is 5.09. The zero-order chi connectivity index (χ0) is 22.3. The number of aromatic nitrogens is 5. The van der Waals surface area contributed by atoms with Crippen molar-refractivity contribution in [3.05, 3.63) is 53.0 Å². The van der Waals surface area contributed by atoms with Crippen molar-refractivity contribution >= 4 is 27.5 Å². The van der Waals surface area contributed by atoms with Gasteiger partial charge in [0, 0.05) is 57.6 Å². The Bertz CT molecular complexity index is 1460. The number of allylic oxidation sites excluding steroid dienone is 1. The number of rotatable bonds is 4. The average Bonchev–Trinajstić information content (AvgIpc) is 3.27. The average molecular weight is 416 g/mol. The molecule has 0 amide bonds. The highest BCUT2D eigenvalue weighted by Gasteiger charge is 2.19. The van der Waals surface area contributed by atoms with Gasteiger partial charge in [0.05, 0.1) is 47.3 Å². The second kappa shape index (κ2) is 7.69. The number of methoxy groups -OCH3 is 1. The van der Waals surface area contributed by atoms with Crippen LogP contribution in [0, 0.1) is 11.8 Å². The number of ether oxygens (including phenoxy) is 1. The molecule has 0 aliphatic rings. The molecule has 0 aliphatic heterocycles. The number of aryl methyl sites for hydroxylation is 2. The molecule has 3 heterocycles. The van der Waals surface area contributed by atoms with Crippen LogP contribution in [0.5, 0.6) is 5.75 Å². The predicted octanol–water partition coefficient (Wildman–Crippen LogP) is 2.55. The minimum Gasteiger partial charge on any atom is -0.496 e. The summed E-state index contributed by atoms with van der Waals surface area (Å²) in [5.74, 6) is 6.81. The zero-order valence-corrected chi connectivity index (χ0v) is 18.5. The van der Waals surface area contributed by atoms with Gasteiger partial charge in [-0.15, -0.1) is 5.92 Å². The minimum atomic E-state index is -0.160. The maximum atomic E-state index is 13.1.